The third-order valence-electron chi connectivity index (χ3n) is 19.1. The van der Waals surface area contributed by atoms with E-state index in [1.165, 1.54) is 13.3 Å². The molecule has 8 aliphatic rings. The molecule has 8 rings (SSSR count). The average molecular weight is 825 g/mol. The molecular weight excluding hydrogens is 752 g/mol. The number of rotatable bonds is 8. The number of hydrogen-bond donors (Lipinski definition) is 7. The van der Waals surface area contributed by atoms with Crippen LogP contribution in [-0.2, 0) is 33.2 Å². The van der Waals surface area contributed by atoms with Gasteiger partial charge in [0, 0.05) is 12.3 Å². The Morgan fingerprint density at radius 3 is 2.14 bits per heavy atom. The summed E-state index contributed by atoms with van der Waals surface area (Å²) >= 11 is 0. The van der Waals surface area contributed by atoms with Crippen molar-refractivity contribution in [1.82, 2.24) is 0 Å². The molecule has 14 nitrogen and oxygen atoms in total. The van der Waals surface area contributed by atoms with Gasteiger partial charge in [-0.2, -0.15) is 0 Å². The molecule has 5 saturated carbocycles. The Morgan fingerprint density at radius 2 is 1.47 bits per heavy atom. The van der Waals surface area contributed by atoms with Gasteiger partial charge in [0.05, 0.1) is 42.7 Å². The molecule has 0 aromatic heterocycles. The highest BCUT2D eigenvalue weighted by atomic mass is 16.7. The third-order valence-corrected chi connectivity index (χ3v) is 19.1. The lowest BCUT2D eigenvalue weighted by atomic mass is 9.39. The van der Waals surface area contributed by atoms with Gasteiger partial charge >= 0.3 is 5.97 Å². The Kier molecular flexibility index (Phi) is 10.5. The van der Waals surface area contributed by atoms with E-state index in [0.717, 1.165) is 38.5 Å². The number of carbonyl (C=O) groups is 1. The van der Waals surface area contributed by atoms with E-state index in [1.807, 2.05) is 13.8 Å². The zero-order valence-electron chi connectivity index (χ0n) is 36.1. The first-order valence-corrected chi connectivity index (χ1v) is 22.0. The molecule has 2 unspecified atom stereocenters. The van der Waals surface area contributed by atoms with Gasteiger partial charge in [0.15, 0.2) is 18.7 Å². The Morgan fingerprint density at radius 1 is 0.793 bits per heavy atom. The second-order valence-corrected chi connectivity index (χ2v) is 22.0. The minimum absolute atomic E-state index is 0.102. The number of ether oxygens (including phenoxy) is 6. The van der Waals surface area contributed by atoms with E-state index in [1.54, 1.807) is 0 Å². The van der Waals surface area contributed by atoms with Crippen LogP contribution in [0.5, 0.6) is 0 Å². The van der Waals surface area contributed by atoms with Gasteiger partial charge in [0.2, 0.25) is 0 Å². The SMILES string of the molecule is CC(=O)O[C@H]1[C@H](O[C@H]2CC[C@]34C[C@]35CC[C@]3(C)[C@@](C)([C@@]6(C)CC[C@@H](C(C)(C)O[C@@H]7O[C@H](CO)[C@@H](O)[C@H](O)[C@H]7O)O6)C(O)C[C@@]3(C)[C@@H]5CCC4C2(C)C)OC[C@@H](O)[C@@H]1O. The molecule has 332 valence electrons. The fourth-order valence-electron chi connectivity index (χ4n) is 15.5. The monoisotopic (exact) mass is 824 g/mol. The van der Waals surface area contributed by atoms with E-state index in [2.05, 4.69) is 41.5 Å². The number of aliphatic hydroxyl groups is 7. The van der Waals surface area contributed by atoms with Gasteiger partial charge in [-0.15, -0.1) is 0 Å². The molecule has 20 atom stereocenters. The summed E-state index contributed by atoms with van der Waals surface area (Å²) in [4.78, 5) is 12.0. The first kappa shape index (κ1) is 43.6. The Hall–Kier alpha value is -1.01. The quantitative estimate of drug-likeness (QED) is 0.139. The second-order valence-electron chi connectivity index (χ2n) is 22.0. The Bertz CT molecular complexity index is 1590. The average Bonchev–Trinajstić information content (AvgIpc) is 3.57. The highest BCUT2D eigenvalue weighted by Crippen LogP contribution is 2.90. The van der Waals surface area contributed by atoms with Gasteiger partial charge < -0.3 is 64.2 Å². The predicted octanol–water partition coefficient (Wildman–Crippen LogP) is 2.71. The van der Waals surface area contributed by atoms with Crippen molar-refractivity contribution in [3.8, 4) is 0 Å². The fourth-order valence-corrected chi connectivity index (χ4v) is 15.5. The molecule has 3 saturated heterocycles. The molecular formula is C44H72O14. The Labute approximate surface area is 343 Å². The summed E-state index contributed by atoms with van der Waals surface area (Å²) in [5, 5.41) is 74.8. The van der Waals surface area contributed by atoms with Crippen LogP contribution in [0.25, 0.3) is 0 Å². The summed E-state index contributed by atoms with van der Waals surface area (Å²) < 4.78 is 37.1. The van der Waals surface area contributed by atoms with Gasteiger partial charge in [0.1, 0.15) is 36.6 Å². The molecule has 0 amide bonds. The standard InChI is InChI=1S/C44H72O14/c1-22(46)54-34-30(49)23(47)20-53-36(34)56-28-13-15-43-21-44(43)17-16-40(7)39(6,26(44)11-10-25(43)37(28,2)3)18-27(48)42(40,9)41(8)14-12-29(57-41)38(4,5)58-35-33(52)32(51)31(50)24(19-45)55-35/h23-36,45,47-52H,10-21H2,1-9H3/t23-,24-,25?,26+,27?,28+,29+,30+,31-,32+,33-,34-,35+,36+,39+,40+,41-,42+,43-,44+/m1/s1. The topological polar surface area (TPSA) is 214 Å². The molecule has 5 aliphatic carbocycles. The smallest absolute Gasteiger partial charge is 0.303 e. The molecule has 7 N–H and O–H groups in total. The number of aliphatic hydroxyl groups excluding tert-OH is 7. The minimum Gasteiger partial charge on any atom is -0.454 e. The maximum Gasteiger partial charge on any atom is 0.303 e. The maximum absolute atomic E-state index is 12.5. The first-order valence-electron chi connectivity index (χ1n) is 22.0. The highest BCUT2D eigenvalue weighted by Gasteiger charge is 2.85. The van der Waals surface area contributed by atoms with E-state index in [4.69, 9.17) is 28.4 Å². The van der Waals surface area contributed by atoms with Crippen LogP contribution in [0.3, 0.4) is 0 Å². The maximum atomic E-state index is 12.5. The highest BCUT2D eigenvalue weighted by molar-refractivity contribution is 5.66. The molecule has 3 heterocycles. The van der Waals surface area contributed by atoms with Crippen molar-refractivity contribution in [3.63, 3.8) is 0 Å². The van der Waals surface area contributed by atoms with E-state index < -0.39 is 96.7 Å². The molecule has 14 heteroatoms. The molecule has 58 heavy (non-hydrogen) atoms. The number of hydrogen-bond acceptors (Lipinski definition) is 14. The van der Waals surface area contributed by atoms with Gasteiger partial charge in [-0.25, -0.2) is 0 Å². The van der Waals surface area contributed by atoms with Crippen molar-refractivity contribution in [2.75, 3.05) is 13.2 Å². The molecule has 3 aliphatic heterocycles. The normalized spacial score (nSPS) is 56.1. The fraction of sp³-hybridized carbons (Fsp3) is 0.977. The summed E-state index contributed by atoms with van der Waals surface area (Å²) in [6.07, 6.45) is -3.46. The van der Waals surface area contributed by atoms with Crippen molar-refractivity contribution in [2.24, 2.45) is 44.3 Å². The van der Waals surface area contributed by atoms with Crippen LogP contribution >= 0.6 is 0 Å². The number of esters is 1. The zero-order chi connectivity index (χ0) is 42.4. The number of carbonyl (C=O) groups excluding carboxylic acids is 1. The summed E-state index contributed by atoms with van der Waals surface area (Å²) in [5.74, 6) is 0.256. The molecule has 0 radical (unpaired) electrons. The summed E-state index contributed by atoms with van der Waals surface area (Å²) in [5.41, 5.74) is -2.57. The van der Waals surface area contributed by atoms with Crippen LogP contribution in [0.1, 0.15) is 127 Å². The lowest BCUT2D eigenvalue weighted by Gasteiger charge is -2.66. The van der Waals surface area contributed by atoms with Crippen LogP contribution in [-0.4, -0.2) is 140 Å². The van der Waals surface area contributed by atoms with E-state index in [-0.39, 0.29) is 39.8 Å². The van der Waals surface area contributed by atoms with Crippen LogP contribution in [0.2, 0.25) is 0 Å². The van der Waals surface area contributed by atoms with Crippen molar-refractivity contribution < 1.29 is 69.0 Å². The minimum atomic E-state index is -1.54. The second kappa shape index (κ2) is 14.0. The van der Waals surface area contributed by atoms with Crippen LogP contribution in [0.4, 0.5) is 0 Å². The van der Waals surface area contributed by atoms with Crippen molar-refractivity contribution in [3.05, 3.63) is 0 Å². The van der Waals surface area contributed by atoms with Gasteiger partial charge in [-0.1, -0.05) is 34.6 Å². The molecule has 0 aromatic rings. The molecule has 8 fully saturated rings. The summed E-state index contributed by atoms with van der Waals surface area (Å²) in [6, 6.07) is 0. The van der Waals surface area contributed by atoms with Gasteiger partial charge in [-0.3, -0.25) is 4.79 Å². The van der Waals surface area contributed by atoms with Crippen LogP contribution < -0.4 is 0 Å². The van der Waals surface area contributed by atoms with Crippen molar-refractivity contribution in [1.29, 1.82) is 0 Å². The predicted molar refractivity (Wildman–Crippen MR) is 207 cm³/mol. The third kappa shape index (κ3) is 5.75. The molecule has 2 spiro atoms. The van der Waals surface area contributed by atoms with E-state index in [9.17, 15) is 40.5 Å². The lowest BCUT2D eigenvalue weighted by molar-refractivity contribution is -0.336. The summed E-state index contributed by atoms with van der Waals surface area (Å²) in [7, 11) is 0. The van der Waals surface area contributed by atoms with Crippen molar-refractivity contribution >= 4 is 5.97 Å². The number of fused-ring (bicyclic) bond motifs is 2. The summed E-state index contributed by atoms with van der Waals surface area (Å²) in [6.45, 7) is 18.2. The zero-order valence-corrected chi connectivity index (χ0v) is 36.1. The van der Waals surface area contributed by atoms with Crippen LogP contribution in [0, 0.1) is 44.3 Å². The van der Waals surface area contributed by atoms with Gasteiger partial charge in [0.25, 0.3) is 0 Å². The van der Waals surface area contributed by atoms with Crippen LogP contribution in [0.15, 0.2) is 0 Å². The molecule has 0 aromatic carbocycles. The largest absolute Gasteiger partial charge is 0.454 e. The van der Waals surface area contributed by atoms with E-state index >= 15 is 0 Å². The Balaban J connectivity index is 0.998. The van der Waals surface area contributed by atoms with Crippen molar-refractivity contribution in [2.45, 2.75) is 211 Å². The van der Waals surface area contributed by atoms with Gasteiger partial charge in [-0.05, 0) is 124 Å². The molecule has 0 bridgehead atoms. The first-order chi connectivity index (χ1) is 26.9. The lowest BCUT2D eigenvalue weighted by Crippen LogP contribution is -2.64. The van der Waals surface area contributed by atoms with E-state index in [0.29, 0.717) is 31.1 Å².